The van der Waals surface area contributed by atoms with Gasteiger partial charge < -0.3 is 10.4 Å². The summed E-state index contributed by atoms with van der Waals surface area (Å²) < 4.78 is 3.01. The molecule has 0 radical (unpaired) electrons. The Morgan fingerprint density at radius 2 is 1.30 bits per heavy atom. The third-order valence-electron chi connectivity index (χ3n) is 9.66. The van der Waals surface area contributed by atoms with Crippen LogP contribution in [-0.2, 0) is 27.9 Å². The van der Waals surface area contributed by atoms with Gasteiger partial charge in [0.05, 0.1) is 47.8 Å². The summed E-state index contributed by atoms with van der Waals surface area (Å²) >= 11 is 13.7. The van der Waals surface area contributed by atoms with Crippen LogP contribution in [-0.4, -0.2) is 53.4 Å². The summed E-state index contributed by atoms with van der Waals surface area (Å²) in [6, 6.07) is 21.9. The largest absolute Gasteiger partial charge is 0.392 e. The number of hydrogen-bond donors (Lipinski definition) is 5. The third-order valence-corrected chi connectivity index (χ3v) is 11.6. The van der Waals surface area contributed by atoms with Crippen molar-refractivity contribution in [2.75, 3.05) is 0 Å². The number of rotatable bonds is 9. The minimum absolute atomic E-state index is 0.00713. The summed E-state index contributed by atoms with van der Waals surface area (Å²) in [5, 5.41) is 36.7. The Morgan fingerprint density at radius 1 is 0.778 bits per heavy atom. The highest BCUT2D eigenvalue weighted by molar-refractivity contribution is 9.11. The van der Waals surface area contributed by atoms with Crippen molar-refractivity contribution in [2.24, 2.45) is 5.92 Å². The standard InChI is InChI=1S/C24H26BrN3O2.C8H6Br2N2.C8H7BrN2O/c1-15(22(29)10-9-18-12-21(25)13-20-14-26-28-23(18)20)27-24(30)19-8-7-17(11-19)16-5-3-2-4-6-16;9-3-5-1-7(10)2-6-4-11-12-8(5)6;9-7-1-5-3-10-11-8(5)6(2-7)4-12/h2-6,12-15,17,19H,7-11H2,1H3,(H,26,28)(H,27,30);1-2,4H,3H2,(H,11,12);1-3,12H,4H2,(H,10,11)/t15-,17+,19+;;/m0../s1. The van der Waals surface area contributed by atoms with Gasteiger partial charge in [-0.1, -0.05) is 94.1 Å². The quantitative estimate of drug-likeness (QED) is 0.0909. The van der Waals surface area contributed by atoms with E-state index in [1.165, 1.54) is 11.1 Å². The lowest BCUT2D eigenvalue weighted by atomic mass is 9.96. The van der Waals surface area contributed by atoms with Crippen LogP contribution < -0.4 is 5.32 Å². The highest BCUT2D eigenvalue weighted by atomic mass is 79.9. The summed E-state index contributed by atoms with van der Waals surface area (Å²) in [4.78, 5) is 25.4. The molecule has 0 spiro atoms. The van der Waals surface area contributed by atoms with Crippen molar-refractivity contribution in [3.8, 4) is 0 Å². The summed E-state index contributed by atoms with van der Waals surface area (Å²) in [6.07, 6.45) is 9.08. The number of nitrogens with one attached hydrogen (secondary N) is 4. The fourth-order valence-electron chi connectivity index (χ4n) is 6.83. The predicted octanol–water partition coefficient (Wildman–Crippen LogP) is 9.95. The van der Waals surface area contributed by atoms with Gasteiger partial charge in [-0.3, -0.25) is 24.9 Å². The normalized spacial score (nSPS) is 15.7. The van der Waals surface area contributed by atoms with Crippen LogP contribution in [0.3, 0.4) is 0 Å². The van der Waals surface area contributed by atoms with Crippen LogP contribution in [0.25, 0.3) is 32.7 Å². The van der Waals surface area contributed by atoms with Crippen LogP contribution in [0.1, 0.15) is 60.8 Å². The van der Waals surface area contributed by atoms with E-state index in [0.29, 0.717) is 18.8 Å². The smallest absolute Gasteiger partial charge is 0.223 e. The third kappa shape index (κ3) is 9.94. The maximum Gasteiger partial charge on any atom is 0.223 e. The Bertz CT molecular complexity index is 2280. The first-order valence-electron chi connectivity index (χ1n) is 17.5. The Balaban J connectivity index is 0.000000168. The van der Waals surface area contributed by atoms with E-state index in [4.69, 9.17) is 5.11 Å². The van der Waals surface area contributed by atoms with Gasteiger partial charge in [-0.15, -0.1) is 0 Å². The molecular formula is C40H39Br4N7O3. The zero-order valence-corrected chi connectivity index (χ0v) is 35.7. The number of carbonyl (C=O) groups excluding carboxylic acids is 2. The molecule has 3 atom stereocenters. The fraction of sp³-hybridized carbons (Fsp3) is 0.275. The number of aliphatic hydroxyl groups is 1. The fourth-order valence-corrected chi connectivity index (χ4v) is 8.84. The number of fused-ring (bicyclic) bond motifs is 3. The van der Waals surface area contributed by atoms with Crippen LogP contribution in [0.5, 0.6) is 0 Å². The topological polar surface area (TPSA) is 152 Å². The SMILES string of the molecule is BrCc1cc(Br)cc2cn[nH]c12.C[C@H](NC(=O)[C@@H]1CC[C@@H](c2ccccc2)C1)C(=O)CCc1cc(Br)cc2cn[nH]c12.OCc1cc(Br)cc2cn[nH]c12. The number of Topliss-reactive ketones (excluding diaryl/α,β-unsaturated/α-hetero) is 1. The van der Waals surface area contributed by atoms with Gasteiger partial charge in [-0.2, -0.15) is 15.3 Å². The van der Waals surface area contributed by atoms with Gasteiger partial charge in [0.2, 0.25) is 5.91 Å². The van der Waals surface area contributed by atoms with Gasteiger partial charge in [0.1, 0.15) is 0 Å². The molecule has 1 aliphatic rings. The number of amides is 1. The molecule has 280 valence electrons. The number of nitrogens with zero attached hydrogens (tertiary/aromatic N) is 3. The van der Waals surface area contributed by atoms with Gasteiger partial charge in [-0.05, 0) is 91.6 Å². The van der Waals surface area contributed by atoms with E-state index < -0.39 is 6.04 Å². The van der Waals surface area contributed by atoms with Gasteiger partial charge in [-0.25, -0.2) is 0 Å². The Morgan fingerprint density at radius 3 is 1.85 bits per heavy atom. The number of ketones is 1. The van der Waals surface area contributed by atoms with Gasteiger partial charge >= 0.3 is 0 Å². The molecule has 5 N–H and O–H groups in total. The summed E-state index contributed by atoms with van der Waals surface area (Å²) in [7, 11) is 0. The van der Waals surface area contributed by atoms with Crippen molar-refractivity contribution in [3.05, 3.63) is 121 Å². The molecule has 1 fully saturated rings. The average molecular weight is 985 g/mol. The molecule has 3 heterocycles. The van der Waals surface area contributed by atoms with Crippen LogP contribution in [0.2, 0.25) is 0 Å². The summed E-state index contributed by atoms with van der Waals surface area (Å²) in [5.41, 5.74) is 7.39. The van der Waals surface area contributed by atoms with E-state index in [1.54, 1.807) is 19.3 Å². The van der Waals surface area contributed by atoms with E-state index in [0.717, 1.165) is 81.8 Å². The molecule has 14 heteroatoms. The number of aliphatic hydroxyl groups excluding tert-OH is 1. The van der Waals surface area contributed by atoms with Crippen molar-refractivity contribution >= 4 is 108 Å². The van der Waals surface area contributed by atoms with Crippen LogP contribution >= 0.6 is 63.7 Å². The van der Waals surface area contributed by atoms with Crippen LogP contribution in [0.15, 0.2) is 98.7 Å². The number of carbonyl (C=O) groups is 2. The minimum atomic E-state index is -0.474. The molecule has 4 aromatic carbocycles. The summed E-state index contributed by atoms with van der Waals surface area (Å²) in [5.74, 6) is 0.475. The molecule has 54 heavy (non-hydrogen) atoms. The van der Waals surface area contributed by atoms with Gasteiger partial charge in [0, 0.05) is 52.8 Å². The van der Waals surface area contributed by atoms with Crippen LogP contribution in [0, 0.1) is 5.92 Å². The molecule has 8 rings (SSSR count). The van der Waals surface area contributed by atoms with Crippen LogP contribution in [0.4, 0.5) is 0 Å². The molecule has 1 saturated carbocycles. The van der Waals surface area contributed by atoms with Crippen molar-refractivity contribution in [1.29, 1.82) is 0 Å². The zero-order valence-electron chi connectivity index (χ0n) is 29.4. The lowest BCUT2D eigenvalue weighted by molar-refractivity contribution is -0.129. The average Bonchev–Trinajstić information content (AvgIpc) is 4.01. The maximum atomic E-state index is 12.7. The monoisotopic (exact) mass is 981 g/mol. The Labute approximate surface area is 346 Å². The maximum absolute atomic E-state index is 12.7. The highest BCUT2D eigenvalue weighted by Gasteiger charge is 2.32. The summed E-state index contributed by atoms with van der Waals surface area (Å²) in [6.45, 7) is 1.81. The first kappa shape index (κ1) is 40.0. The van der Waals surface area contributed by atoms with Gasteiger partial charge in [0.25, 0.3) is 0 Å². The molecule has 3 aromatic heterocycles. The van der Waals surface area contributed by atoms with Crippen molar-refractivity contribution < 1.29 is 14.7 Å². The molecular weight excluding hydrogens is 946 g/mol. The lowest BCUT2D eigenvalue weighted by Gasteiger charge is -2.17. The first-order valence-corrected chi connectivity index (χ1v) is 21.0. The molecule has 0 saturated heterocycles. The molecule has 0 aliphatic heterocycles. The van der Waals surface area contributed by atoms with Crippen molar-refractivity contribution in [3.63, 3.8) is 0 Å². The number of benzene rings is 4. The molecule has 0 unspecified atom stereocenters. The number of alkyl halides is 1. The molecule has 0 bridgehead atoms. The van der Waals surface area contributed by atoms with E-state index in [2.05, 4.69) is 118 Å². The number of halogens is 4. The van der Waals surface area contributed by atoms with E-state index in [1.807, 2.05) is 54.7 Å². The second-order valence-corrected chi connectivity index (χ2v) is 16.6. The molecule has 1 aliphatic carbocycles. The Hall–Kier alpha value is -3.69. The van der Waals surface area contributed by atoms with E-state index in [-0.39, 0.29) is 24.2 Å². The van der Waals surface area contributed by atoms with Crippen molar-refractivity contribution in [1.82, 2.24) is 35.9 Å². The Kier molecular flexibility index (Phi) is 13.9. The zero-order chi connectivity index (χ0) is 38.2. The second kappa shape index (κ2) is 18.8. The molecule has 10 nitrogen and oxygen atoms in total. The van der Waals surface area contributed by atoms with E-state index in [9.17, 15) is 9.59 Å². The number of aromatic amines is 3. The number of H-pyrrole nitrogens is 3. The number of hydrogen-bond acceptors (Lipinski definition) is 6. The predicted molar refractivity (Wildman–Crippen MR) is 227 cm³/mol. The van der Waals surface area contributed by atoms with Crippen molar-refractivity contribution in [2.45, 2.75) is 62.9 Å². The van der Waals surface area contributed by atoms with Gasteiger partial charge in [0.15, 0.2) is 5.78 Å². The molecule has 1 amide bonds. The number of aromatic nitrogens is 6. The van der Waals surface area contributed by atoms with E-state index >= 15 is 0 Å². The second-order valence-electron chi connectivity index (χ2n) is 13.3. The molecule has 7 aromatic rings. The first-order chi connectivity index (χ1) is 26.1. The minimum Gasteiger partial charge on any atom is -0.392 e. The lowest BCUT2D eigenvalue weighted by Crippen LogP contribution is -2.41. The number of aryl methyl sites for hydroxylation is 1. The highest BCUT2D eigenvalue weighted by Crippen LogP contribution is 2.38.